The lowest BCUT2D eigenvalue weighted by molar-refractivity contribution is -0.0592. The number of furan rings is 1. The van der Waals surface area contributed by atoms with Gasteiger partial charge in [0, 0.05) is 13.1 Å². The number of ether oxygens (including phenoxy) is 2. The molecule has 6 heteroatoms. The average Bonchev–Trinajstić information content (AvgIpc) is 3.01. The van der Waals surface area contributed by atoms with Crippen molar-refractivity contribution in [2.75, 3.05) is 13.1 Å². The van der Waals surface area contributed by atoms with Crippen molar-refractivity contribution in [2.24, 2.45) is 0 Å². The number of hydrogen-bond donors (Lipinski definition) is 0. The molecule has 0 radical (unpaired) electrons. The van der Waals surface area contributed by atoms with Crippen molar-refractivity contribution in [1.82, 2.24) is 4.90 Å². The molecule has 2 heterocycles. The summed E-state index contributed by atoms with van der Waals surface area (Å²) in [5, 5.41) is 0. The van der Waals surface area contributed by atoms with E-state index in [9.17, 15) is 4.79 Å². The summed E-state index contributed by atoms with van der Waals surface area (Å²) < 4.78 is 17.9. The number of carbonyl (C=O) groups excluding carboxylic acids is 1. The quantitative estimate of drug-likeness (QED) is 0.790. The molecule has 24 heavy (non-hydrogen) atoms. The van der Waals surface area contributed by atoms with Crippen LogP contribution in [0.15, 0.2) is 45.3 Å². The van der Waals surface area contributed by atoms with Crippen molar-refractivity contribution in [3.05, 3.63) is 52.4 Å². The summed E-state index contributed by atoms with van der Waals surface area (Å²) in [7, 11) is 0. The van der Waals surface area contributed by atoms with E-state index in [2.05, 4.69) is 15.9 Å². The zero-order chi connectivity index (χ0) is 17.1. The molecule has 0 unspecified atom stereocenters. The Labute approximate surface area is 149 Å². The number of benzene rings is 1. The van der Waals surface area contributed by atoms with Crippen molar-refractivity contribution < 1.29 is 18.7 Å². The third kappa shape index (κ3) is 3.99. The Hall–Kier alpha value is -1.79. The molecule has 0 saturated carbocycles. The first kappa shape index (κ1) is 17.0. The molecule has 128 valence electrons. The van der Waals surface area contributed by atoms with Gasteiger partial charge in [-0.1, -0.05) is 12.1 Å². The summed E-state index contributed by atoms with van der Waals surface area (Å²) >= 11 is 3.43. The van der Waals surface area contributed by atoms with Crippen LogP contribution in [0, 0.1) is 0 Å². The van der Waals surface area contributed by atoms with Crippen LogP contribution in [0.25, 0.3) is 0 Å². The van der Waals surface area contributed by atoms with Crippen LogP contribution >= 0.6 is 15.9 Å². The standard InChI is InChI=1S/C18H20BrNO4/c1-12-9-20(10-13(2)23-12)18(21)17-8-7-14(24-17)11-22-16-6-4-3-5-15(16)19/h3-8,12-13H,9-11H2,1-2H3/t12-,13-/m1/s1. The molecule has 1 aliphatic rings. The third-order valence-electron chi connectivity index (χ3n) is 3.79. The normalized spacial score (nSPS) is 20.9. The Morgan fingerprint density at radius 2 is 1.92 bits per heavy atom. The fourth-order valence-electron chi connectivity index (χ4n) is 2.78. The first-order valence-corrected chi connectivity index (χ1v) is 8.73. The molecule has 2 aromatic rings. The van der Waals surface area contributed by atoms with Gasteiger partial charge in [-0.3, -0.25) is 4.79 Å². The number of para-hydroxylation sites is 1. The summed E-state index contributed by atoms with van der Waals surface area (Å²) in [6, 6.07) is 11.1. The zero-order valence-electron chi connectivity index (χ0n) is 13.7. The van der Waals surface area contributed by atoms with Crippen molar-refractivity contribution in [2.45, 2.75) is 32.7 Å². The lowest BCUT2D eigenvalue weighted by atomic mass is 10.2. The highest BCUT2D eigenvalue weighted by molar-refractivity contribution is 9.10. The van der Waals surface area contributed by atoms with E-state index in [0.717, 1.165) is 10.2 Å². The largest absolute Gasteiger partial charge is 0.484 e. The molecule has 1 aromatic carbocycles. The topological polar surface area (TPSA) is 51.9 Å². The number of amides is 1. The van der Waals surface area contributed by atoms with Gasteiger partial charge in [0.1, 0.15) is 18.1 Å². The van der Waals surface area contributed by atoms with Crippen LogP contribution in [0.1, 0.15) is 30.2 Å². The van der Waals surface area contributed by atoms with Crippen LogP contribution in [-0.2, 0) is 11.3 Å². The molecular weight excluding hydrogens is 374 g/mol. The van der Waals surface area contributed by atoms with E-state index in [1.165, 1.54) is 0 Å². The maximum Gasteiger partial charge on any atom is 0.289 e. The molecule has 1 fully saturated rings. The smallest absolute Gasteiger partial charge is 0.289 e. The summed E-state index contributed by atoms with van der Waals surface area (Å²) in [5.74, 6) is 1.58. The minimum atomic E-state index is -0.107. The van der Waals surface area contributed by atoms with Gasteiger partial charge in [0.25, 0.3) is 5.91 Å². The monoisotopic (exact) mass is 393 g/mol. The summed E-state index contributed by atoms with van der Waals surface area (Å²) in [6.07, 6.45) is 0.0665. The highest BCUT2D eigenvalue weighted by Gasteiger charge is 2.28. The van der Waals surface area contributed by atoms with Crippen molar-refractivity contribution >= 4 is 21.8 Å². The maximum atomic E-state index is 12.6. The van der Waals surface area contributed by atoms with Crippen molar-refractivity contribution in [3.63, 3.8) is 0 Å². The second-order valence-corrected chi connectivity index (χ2v) is 6.81. The number of rotatable bonds is 4. The van der Waals surface area contributed by atoms with Crippen LogP contribution in [0.5, 0.6) is 5.75 Å². The molecule has 0 bridgehead atoms. The predicted molar refractivity (Wildman–Crippen MR) is 93.1 cm³/mol. The van der Waals surface area contributed by atoms with Crippen LogP contribution in [-0.4, -0.2) is 36.1 Å². The third-order valence-corrected chi connectivity index (χ3v) is 4.44. The molecule has 5 nitrogen and oxygen atoms in total. The second kappa shape index (κ2) is 7.40. The van der Waals surface area contributed by atoms with Crippen LogP contribution in [0.3, 0.4) is 0 Å². The first-order chi connectivity index (χ1) is 11.5. The lowest BCUT2D eigenvalue weighted by Crippen LogP contribution is -2.48. The summed E-state index contributed by atoms with van der Waals surface area (Å²) in [5.41, 5.74) is 0. The van der Waals surface area contributed by atoms with E-state index < -0.39 is 0 Å². The van der Waals surface area contributed by atoms with Gasteiger partial charge < -0.3 is 18.8 Å². The number of carbonyl (C=O) groups is 1. The van der Waals surface area contributed by atoms with Gasteiger partial charge in [0.2, 0.25) is 0 Å². The first-order valence-electron chi connectivity index (χ1n) is 7.93. The van der Waals surface area contributed by atoms with Gasteiger partial charge >= 0.3 is 0 Å². The molecule has 1 amide bonds. The van der Waals surface area contributed by atoms with Gasteiger partial charge in [0.05, 0.1) is 16.7 Å². The highest BCUT2D eigenvalue weighted by atomic mass is 79.9. The van der Waals surface area contributed by atoms with Gasteiger partial charge in [0.15, 0.2) is 5.76 Å². The SMILES string of the molecule is C[C@@H]1CN(C(=O)c2ccc(COc3ccccc3Br)o2)C[C@@H](C)O1. The van der Waals surface area contributed by atoms with E-state index in [-0.39, 0.29) is 24.7 Å². The Kier molecular flexibility index (Phi) is 5.26. The fourth-order valence-corrected chi connectivity index (χ4v) is 3.18. The Morgan fingerprint density at radius 1 is 1.21 bits per heavy atom. The molecule has 1 aliphatic heterocycles. The second-order valence-electron chi connectivity index (χ2n) is 5.95. The lowest BCUT2D eigenvalue weighted by Gasteiger charge is -2.34. The van der Waals surface area contributed by atoms with Crippen LogP contribution in [0.4, 0.5) is 0 Å². The minimum absolute atomic E-state index is 0.0332. The number of nitrogens with zero attached hydrogens (tertiary/aromatic N) is 1. The number of hydrogen-bond acceptors (Lipinski definition) is 4. The van der Waals surface area contributed by atoms with Gasteiger partial charge in [-0.05, 0) is 54.0 Å². The van der Waals surface area contributed by atoms with Crippen molar-refractivity contribution in [3.8, 4) is 5.75 Å². The van der Waals surface area contributed by atoms with Gasteiger partial charge in [-0.2, -0.15) is 0 Å². The molecule has 0 spiro atoms. The van der Waals surface area contributed by atoms with E-state index >= 15 is 0 Å². The van der Waals surface area contributed by atoms with E-state index in [1.807, 2.05) is 38.1 Å². The van der Waals surface area contributed by atoms with E-state index in [4.69, 9.17) is 13.9 Å². The minimum Gasteiger partial charge on any atom is -0.484 e. The Morgan fingerprint density at radius 3 is 2.62 bits per heavy atom. The van der Waals surface area contributed by atoms with E-state index in [0.29, 0.717) is 24.6 Å². The molecule has 0 N–H and O–H groups in total. The molecule has 0 aliphatic carbocycles. The van der Waals surface area contributed by atoms with Gasteiger partial charge in [-0.25, -0.2) is 0 Å². The van der Waals surface area contributed by atoms with Crippen molar-refractivity contribution in [1.29, 1.82) is 0 Å². The zero-order valence-corrected chi connectivity index (χ0v) is 15.3. The molecule has 1 saturated heterocycles. The highest BCUT2D eigenvalue weighted by Crippen LogP contribution is 2.25. The number of morpholine rings is 1. The molecule has 1 aromatic heterocycles. The summed E-state index contributed by atoms with van der Waals surface area (Å²) in [6.45, 7) is 5.36. The molecular formula is C18H20BrNO4. The van der Waals surface area contributed by atoms with Crippen LogP contribution in [0.2, 0.25) is 0 Å². The average molecular weight is 394 g/mol. The summed E-state index contributed by atoms with van der Waals surface area (Å²) in [4.78, 5) is 14.3. The Bertz CT molecular complexity index is 705. The maximum absolute atomic E-state index is 12.6. The molecule has 2 atom stereocenters. The van der Waals surface area contributed by atoms with Crippen LogP contribution < -0.4 is 4.74 Å². The fraction of sp³-hybridized carbons (Fsp3) is 0.389. The van der Waals surface area contributed by atoms with E-state index in [1.54, 1.807) is 17.0 Å². The Balaban J connectivity index is 1.62. The number of halogens is 1. The molecule has 3 rings (SSSR count). The predicted octanol–water partition coefficient (Wildman–Crippen LogP) is 3.87. The van der Waals surface area contributed by atoms with Gasteiger partial charge in [-0.15, -0.1) is 0 Å².